The van der Waals surface area contributed by atoms with E-state index in [1.165, 1.54) is 12.4 Å². The van der Waals surface area contributed by atoms with Crippen molar-refractivity contribution in [2.24, 2.45) is 5.73 Å². The van der Waals surface area contributed by atoms with Crippen molar-refractivity contribution in [3.63, 3.8) is 0 Å². The number of aliphatic hydroxyl groups excluding tert-OH is 2. The number of aliphatic hydroxyl groups is 2. The molecule has 1 aliphatic heterocycles. The number of amides is 1. The van der Waals surface area contributed by atoms with Crippen LogP contribution in [0, 0.1) is 0 Å². The molecule has 1 aromatic rings. The Morgan fingerprint density at radius 2 is 2.17 bits per heavy atom. The van der Waals surface area contributed by atoms with Gasteiger partial charge in [-0.25, -0.2) is 4.98 Å². The highest BCUT2D eigenvalue weighted by Crippen LogP contribution is 2.27. The summed E-state index contributed by atoms with van der Waals surface area (Å²) in [6, 6.07) is 0. The number of primary amides is 1. The molecule has 0 bridgehead atoms. The molecule has 4 atom stereocenters. The summed E-state index contributed by atoms with van der Waals surface area (Å²) in [5.41, 5.74) is 3.79. The highest BCUT2D eigenvalue weighted by atomic mass is 16.6. The lowest BCUT2D eigenvalue weighted by atomic mass is 10.1. The third kappa shape index (κ3) is 1.90. The van der Waals surface area contributed by atoms with Crippen LogP contribution in [0.25, 0.3) is 0 Å². The van der Waals surface area contributed by atoms with Gasteiger partial charge in [0.15, 0.2) is 11.9 Å². The summed E-state index contributed by atoms with van der Waals surface area (Å²) in [6.45, 7) is 1.56. The first kappa shape index (κ1) is 12.7. The van der Waals surface area contributed by atoms with E-state index in [1.54, 1.807) is 6.92 Å². The fourth-order valence-corrected chi connectivity index (χ4v) is 1.85. The highest BCUT2D eigenvalue weighted by molar-refractivity contribution is 5.90. The van der Waals surface area contributed by atoms with Crippen LogP contribution in [0.1, 0.15) is 23.6 Å². The van der Waals surface area contributed by atoms with Crippen LogP contribution >= 0.6 is 0 Å². The van der Waals surface area contributed by atoms with Crippen molar-refractivity contribution in [2.75, 3.05) is 0 Å². The van der Waals surface area contributed by atoms with Crippen LogP contribution in [0.15, 0.2) is 17.2 Å². The van der Waals surface area contributed by atoms with Gasteiger partial charge in [-0.2, -0.15) is 0 Å². The topological polar surface area (TPSA) is 128 Å². The Labute approximate surface area is 102 Å². The molecule has 0 radical (unpaired) electrons. The summed E-state index contributed by atoms with van der Waals surface area (Å²) in [6.07, 6.45) is -1.60. The van der Waals surface area contributed by atoms with Crippen molar-refractivity contribution in [1.29, 1.82) is 0 Å². The fourth-order valence-electron chi connectivity index (χ4n) is 1.85. The number of carbonyl (C=O) groups is 1. The molecule has 1 amide bonds. The van der Waals surface area contributed by atoms with Gasteiger partial charge in [0.1, 0.15) is 12.2 Å². The molecular weight excluding hydrogens is 242 g/mol. The maximum absolute atomic E-state index is 11.9. The molecule has 18 heavy (non-hydrogen) atoms. The number of hydrogen-bond acceptors (Lipinski definition) is 6. The second-order valence-corrected chi connectivity index (χ2v) is 4.07. The van der Waals surface area contributed by atoms with E-state index in [4.69, 9.17) is 10.5 Å². The lowest BCUT2D eigenvalue weighted by Gasteiger charge is -2.17. The van der Waals surface area contributed by atoms with E-state index >= 15 is 0 Å². The standard InChI is InChI=1S/C10H13N3O5/c1-4-6(14)7(15)10(18-4)13-3-2-12-5(8(11)16)9(13)17/h2-4,6-7,10,14-15H,1H3,(H2,11,16). The molecule has 1 aromatic heterocycles. The molecule has 0 spiro atoms. The maximum Gasteiger partial charge on any atom is 0.284 e. The van der Waals surface area contributed by atoms with Gasteiger partial charge in [0, 0.05) is 12.4 Å². The smallest absolute Gasteiger partial charge is 0.284 e. The summed E-state index contributed by atoms with van der Waals surface area (Å²) >= 11 is 0. The summed E-state index contributed by atoms with van der Waals surface area (Å²) in [5.74, 6) is -0.963. The number of rotatable bonds is 2. The number of nitrogens with two attached hydrogens (primary N) is 1. The predicted octanol–water partition coefficient (Wildman–Crippen LogP) is -2.02. The Kier molecular flexibility index (Phi) is 3.16. The second kappa shape index (κ2) is 4.48. The Morgan fingerprint density at radius 1 is 1.50 bits per heavy atom. The van der Waals surface area contributed by atoms with Gasteiger partial charge in [-0.1, -0.05) is 0 Å². The van der Waals surface area contributed by atoms with Crippen LogP contribution in [0.2, 0.25) is 0 Å². The number of nitrogens with zero attached hydrogens (tertiary/aromatic N) is 2. The molecule has 2 heterocycles. The first-order chi connectivity index (χ1) is 8.43. The van der Waals surface area contributed by atoms with E-state index in [9.17, 15) is 19.8 Å². The van der Waals surface area contributed by atoms with Crippen LogP contribution in [0.5, 0.6) is 0 Å². The average molecular weight is 255 g/mol. The number of ether oxygens (including phenoxy) is 1. The average Bonchev–Trinajstić information content (AvgIpc) is 2.57. The molecule has 0 aliphatic carbocycles. The van der Waals surface area contributed by atoms with Crippen LogP contribution in [-0.2, 0) is 4.74 Å². The molecule has 4 unspecified atom stereocenters. The normalized spacial score (nSPS) is 31.5. The van der Waals surface area contributed by atoms with Crippen molar-refractivity contribution in [3.05, 3.63) is 28.4 Å². The van der Waals surface area contributed by atoms with E-state index in [2.05, 4.69) is 4.98 Å². The molecule has 0 aromatic carbocycles. The molecule has 8 heteroatoms. The van der Waals surface area contributed by atoms with E-state index < -0.39 is 41.7 Å². The number of aromatic nitrogens is 2. The molecule has 2 rings (SSSR count). The van der Waals surface area contributed by atoms with Crippen molar-refractivity contribution in [2.45, 2.75) is 31.5 Å². The quantitative estimate of drug-likeness (QED) is 0.559. The van der Waals surface area contributed by atoms with Gasteiger partial charge in [0.2, 0.25) is 0 Å². The third-order valence-corrected chi connectivity index (χ3v) is 2.85. The van der Waals surface area contributed by atoms with E-state index in [-0.39, 0.29) is 0 Å². The number of hydrogen-bond donors (Lipinski definition) is 3. The van der Waals surface area contributed by atoms with E-state index in [0.717, 1.165) is 4.57 Å². The van der Waals surface area contributed by atoms with Crippen molar-refractivity contribution >= 4 is 5.91 Å². The van der Waals surface area contributed by atoms with Gasteiger partial charge in [-0.3, -0.25) is 14.2 Å². The summed E-state index contributed by atoms with van der Waals surface area (Å²) in [5, 5.41) is 19.3. The van der Waals surface area contributed by atoms with Gasteiger partial charge in [-0.15, -0.1) is 0 Å². The maximum atomic E-state index is 11.9. The van der Waals surface area contributed by atoms with Gasteiger partial charge in [0.05, 0.1) is 6.10 Å². The largest absolute Gasteiger partial charge is 0.388 e. The Morgan fingerprint density at radius 3 is 2.67 bits per heavy atom. The van der Waals surface area contributed by atoms with Crippen LogP contribution < -0.4 is 11.3 Å². The van der Waals surface area contributed by atoms with Crippen molar-refractivity contribution in [3.8, 4) is 0 Å². The SMILES string of the molecule is CC1OC(n2ccnc(C(N)=O)c2=O)C(O)C1O. The van der Waals surface area contributed by atoms with Crippen LogP contribution in [0.4, 0.5) is 0 Å². The molecule has 98 valence electrons. The Balaban J connectivity index is 2.44. The van der Waals surface area contributed by atoms with E-state index in [1.807, 2.05) is 0 Å². The minimum Gasteiger partial charge on any atom is -0.388 e. The van der Waals surface area contributed by atoms with E-state index in [0.29, 0.717) is 0 Å². The van der Waals surface area contributed by atoms with Crippen molar-refractivity contribution < 1.29 is 19.7 Å². The highest BCUT2D eigenvalue weighted by Gasteiger charge is 2.41. The second-order valence-electron chi connectivity index (χ2n) is 4.07. The molecule has 0 saturated carbocycles. The van der Waals surface area contributed by atoms with Crippen molar-refractivity contribution in [1.82, 2.24) is 9.55 Å². The molecule has 1 saturated heterocycles. The van der Waals surface area contributed by atoms with Gasteiger partial charge in [-0.05, 0) is 6.92 Å². The summed E-state index contributed by atoms with van der Waals surface area (Å²) in [4.78, 5) is 26.4. The minimum atomic E-state index is -1.26. The zero-order valence-corrected chi connectivity index (χ0v) is 9.56. The lowest BCUT2D eigenvalue weighted by molar-refractivity contribution is -0.0345. The summed E-state index contributed by atoms with van der Waals surface area (Å²) in [7, 11) is 0. The van der Waals surface area contributed by atoms with Gasteiger partial charge >= 0.3 is 0 Å². The predicted molar refractivity (Wildman–Crippen MR) is 58.6 cm³/mol. The Hall–Kier alpha value is -1.77. The first-order valence-corrected chi connectivity index (χ1v) is 5.32. The Bertz CT molecular complexity index is 528. The lowest BCUT2D eigenvalue weighted by Crippen LogP contribution is -2.37. The molecule has 1 aliphatic rings. The fraction of sp³-hybridized carbons (Fsp3) is 0.500. The molecular formula is C10H13N3O5. The van der Waals surface area contributed by atoms with Gasteiger partial charge in [0.25, 0.3) is 11.5 Å². The van der Waals surface area contributed by atoms with Crippen LogP contribution in [-0.4, -0.2) is 44.0 Å². The van der Waals surface area contributed by atoms with Gasteiger partial charge < -0.3 is 20.7 Å². The zero-order valence-electron chi connectivity index (χ0n) is 9.56. The molecule has 1 fully saturated rings. The molecule has 4 N–H and O–H groups in total. The first-order valence-electron chi connectivity index (χ1n) is 5.32. The summed E-state index contributed by atoms with van der Waals surface area (Å²) < 4.78 is 6.26. The molecule has 8 nitrogen and oxygen atoms in total. The third-order valence-electron chi connectivity index (χ3n) is 2.85. The zero-order chi connectivity index (χ0) is 13.4. The van der Waals surface area contributed by atoms with Crippen LogP contribution in [0.3, 0.4) is 0 Å². The monoisotopic (exact) mass is 255 g/mol. The minimum absolute atomic E-state index is 0.442. The number of carbonyl (C=O) groups excluding carboxylic acids is 1.